The molecule has 0 radical (unpaired) electrons. The highest BCUT2D eigenvalue weighted by molar-refractivity contribution is 5.23. The second-order valence-corrected chi connectivity index (χ2v) is 6.43. The number of ether oxygens (including phenoxy) is 1. The minimum absolute atomic E-state index is 0.158. The van der Waals surface area contributed by atoms with Crippen LogP contribution in [0.15, 0.2) is 10.5 Å². The zero-order chi connectivity index (χ0) is 16.0. The summed E-state index contributed by atoms with van der Waals surface area (Å²) in [5, 5.41) is 13.3. The van der Waals surface area contributed by atoms with Crippen LogP contribution in [-0.4, -0.2) is 30.5 Å². The summed E-state index contributed by atoms with van der Waals surface area (Å²) in [4.78, 5) is 0. The fraction of sp³-hybridized carbons (Fsp3) is 0.765. The van der Waals surface area contributed by atoms with Gasteiger partial charge < -0.3 is 19.6 Å². The molecule has 1 heterocycles. The first kappa shape index (κ1) is 18.2. The van der Waals surface area contributed by atoms with Gasteiger partial charge in [0.2, 0.25) is 0 Å². The van der Waals surface area contributed by atoms with Crippen LogP contribution in [0.25, 0.3) is 0 Å². The molecule has 21 heavy (non-hydrogen) atoms. The maximum absolute atomic E-state index is 9.99. The second kappa shape index (κ2) is 8.57. The topological polar surface area (TPSA) is 54.6 Å². The molecule has 4 nitrogen and oxygen atoms in total. The molecule has 3 atom stereocenters. The molecule has 0 spiro atoms. The highest BCUT2D eigenvalue weighted by Gasteiger charge is 2.15. The third-order valence-electron chi connectivity index (χ3n) is 3.58. The lowest BCUT2D eigenvalue weighted by molar-refractivity contribution is -0.00915. The SMILES string of the molecule is Cc1cc(C(C)NCC(O)COC(C)CC(C)C)c(C)o1. The monoisotopic (exact) mass is 297 g/mol. The van der Waals surface area contributed by atoms with E-state index in [1.165, 1.54) is 0 Å². The lowest BCUT2D eigenvalue weighted by atomic mass is 10.1. The van der Waals surface area contributed by atoms with E-state index in [-0.39, 0.29) is 12.1 Å². The van der Waals surface area contributed by atoms with E-state index in [0.717, 1.165) is 23.5 Å². The summed E-state index contributed by atoms with van der Waals surface area (Å²) in [6.45, 7) is 13.3. The van der Waals surface area contributed by atoms with Crippen LogP contribution in [0.2, 0.25) is 0 Å². The lowest BCUT2D eigenvalue weighted by Gasteiger charge is -2.20. The number of aliphatic hydroxyl groups excluding tert-OH is 1. The van der Waals surface area contributed by atoms with Gasteiger partial charge in [-0.15, -0.1) is 0 Å². The molecule has 0 bridgehead atoms. The van der Waals surface area contributed by atoms with Gasteiger partial charge in [-0.3, -0.25) is 0 Å². The summed E-state index contributed by atoms with van der Waals surface area (Å²) >= 11 is 0. The zero-order valence-electron chi connectivity index (χ0n) is 14.3. The maximum atomic E-state index is 9.99. The van der Waals surface area contributed by atoms with Crippen molar-refractivity contribution in [3.8, 4) is 0 Å². The Morgan fingerprint density at radius 1 is 1.24 bits per heavy atom. The number of rotatable bonds is 9. The van der Waals surface area contributed by atoms with Crippen molar-refractivity contribution in [3.63, 3.8) is 0 Å². The molecule has 0 saturated heterocycles. The van der Waals surface area contributed by atoms with Crippen molar-refractivity contribution in [2.24, 2.45) is 5.92 Å². The molecule has 1 aromatic heterocycles. The highest BCUT2D eigenvalue weighted by Crippen LogP contribution is 2.21. The standard InChI is InChI=1S/C17H31NO3/c1-11(2)7-12(3)20-10-16(19)9-18-14(5)17-8-13(4)21-15(17)6/h8,11-12,14,16,18-19H,7,9-10H2,1-6H3. The quantitative estimate of drug-likeness (QED) is 0.734. The normalized spacial score (nSPS) is 16.2. The Labute approximate surface area is 128 Å². The van der Waals surface area contributed by atoms with Gasteiger partial charge in [-0.2, -0.15) is 0 Å². The van der Waals surface area contributed by atoms with E-state index >= 15 is 0 Å². The second-order valence-electron chi connectivity index (χ2n) is 6.43. The van der Waals surface area contributed by atoms with E-state index in [2.05, 4.69) is 33.0 Å². The van der Waals surface area contributed by atoms with Crippen LogP contribution in [0.1, 0.15) is 57.2 Å². The summed E-state index contributed by atoms with van der Waals surface area (Å²) in [6, 6.07) is 2.20. The molecule has 1 rings (SSSR count). The molecule has 2 N–H and O–H groups in total. The number of furan rings is 1. The first-order chi connectivity index (χ1) is 9.79. The molecule has 0 aliphatic carbocycles. The third-order valence-corrected chi connectivity index (χ3v) is 3.58. The van der Waals surface area contributed by atoms with Crippen LogP contribution >= 0.6 is 0 Å². The average molecular weight is 297 g/mol. The molecular formula is C17H31NO3. The summed E-state index contributed by atoms with van der Waals surface area (Å²) in [6.07, 6.45) is 0.718. The predicted molar refractivity (Wildman–Crippen MR) is 85.5 cm³/mol. The molecule has 0 amide bonds. The minimum Gasteiger partial charge on any atom is -0.466 e. The van der Waals surface area contributed by atoms with Gasteiger partial charge in [0.15, 0.2) is 0 Å². The van der Waals surface area contributed by atoms with Crippen molar-refractivity contribution in [1.29, 1.82) is 0 Å². The van der Waals surface area contributed by atoms with Gasteiger partial charge >= 0.3 is 0 Å². The Kier molecular flexibility index (Phi) is 7.43. The predicted octanol–water partition coefficient (Wildman–Crippen LogP) is 3.36. The van der Waals surface area contributed by atoms with E-state index in [1.54, 1.807) is 0 Å². The first-order valence-corrected chi connectivity index (χ1v) is 7.89. The van der Waals surface area contributed by atoms with Crippen LogP contribution in [0.5, 0.6) is 0 Å². The summed E-state index contributed by atoms with van der Waals surface area (Å²) in [5.74, 6) is 2.47. The van der Waals surface area contributed by atoms with Crippen molar-refractivity contribution in [1.82, 2.24) is 5.32 Å². The molecule has 1 aromatic rings. The van der Waals surface area contributed by atoms with Crippen LogP contribution in [-0.2, 0) is 4.74 Å². The Balaban J connectivity index is 2.29. The summed E-state index contributed by atoms with van der Waals surface area (Å²) in [7, 11) is 0. The first-order valence-electron chi connectivity index (χ1n) is 7.89. The van der Waals surface area contributed by atoms with E-state index < -0.39 is 6.10 Å². The number of hydrogen-bond donors (Lipinski definition) is 2. The van der Waals surface area contributed by atoms with Crippen molar-refractivity contribution in [3.05, 3.63) is 23.2 Å². The van der Waals surface area contributed by atoms with Crippen LogP contribution in [0.3, 0.4) is 0 Å². The third kappa shape index (κ3) is 6.64. The molecule has 0 aromatic carbocycles. The molecule has 3 unspecified atom stereocenters. The molecule has 0 saturated carbocycles. The molecule has 4 heteroatoms. The number of aryl methyl sites for hydroxylation is 2. The smallest absolute Gasteiger partial charge is 0.105 e. The van der Waals surface area contributed by atoms with Gasteiger partial charge in [0, 0.05) is 18.2 Å². The Bertz CT molecular complexity index is 414. The molecule has 0 aliphatic rings. The van der Waals surface area contributed by atoms with E-state index in [0.29, 0.717) is 19.1 Å². The van der Waals surface area contributed by atoms with Crippen molar-refractivity contribution < 1.29 is 14.3 Å². The Morgan fingerprint density at radius 2 is 1.90 bits per heavy atom. The van der Waals surface area contributed by atoms with Gasteiger partial charge in [0.1, 0.15) is 11.5 Å². The number of nitrogens with one attached hydrogen (secondary N) is 1. The van der Waals surface area contributed by atoms with Crippen molar-refractivity contribution in [2.75, 3.05) is 13.2 Å². The van der Waals surface area contributed by atoms with Gasteiger partial charge in [0.05, 0.1) is 18.8 Å². The van der Waals surface area contributed by atoms with Gasteiger partial charge in [-0.1, -0.05) is 13.8 Å². The molecule has 0 aliphatic heterocycles. The largest absolute Gasteiger partial charge is 0.466 e. The molecular weight excluding hydrogens is 266 g/mol. The van der Waals surface area contributed by atoms with E-state index in [4.69, 9.17) is 9.15 Å². The van der Waals surface area contributed by atoms with Crippen LogP contribution in [0.4, 0.5) is 0 Å². The van der Waals surface area contributed by atoms with E-state index in [1.807, 2.05) is 19.9 Å². The van der Waals surface area contributed by atoms with Crippen molar-refractivity contribution >= 4 is 0 Å². The number of aliphatic hydroxyl groups is 1. The Morgan fingerprint density at radius 3 is 2.43 bits per heavy atom. The average Bonchev–Trinajstić information content (AvgIpc) is 2.72. The van der Waals surface area contributed by atoms with Gasteiger partial charge in [-0.05, 0) is 46.1 Å². The van der Waals surface area contributed by atoms with Crippen LogP contribution in [0, 0.1) is 19.8 Å². The van der Waals surface area contributed by atoms with E-state index in [9.17, 15) is 5.11 Å². The van der Waals surface area contributed by atoms with Gasteiger partial charge in [0.25, 0.3) is 0 Å². The van der Waals surface area contributed by atoms with Gasteiger partial charge in [-0.25, -0.2) is 0 Å². The number of hydrogen-bond acceptors (Lipinski definition) is 4. The fourth-order valence-electron chi connectivity index (χ4n) is 2.57. The summed E-state index contributed by atoms with van der Waals surface area (Å²) < 4.78 is 11.2. The summed E-state index contributed by atoms with van der Waals surface area (Å²) in [5.41, 5.74) is 1.15. The molecule has 122 valence electrons. The maximum Gasteiger partial charge on any atom is 0.105 e. The lowest BCUT2D eigenvalue weighted by Crippen LogP contribution is -2.33. The highest BCUT2D eigenvalue weighted by atomic mass is 16.5. The fourth-order valence-corrected chi connectivity index (χ4v) is 2.57. The van der Waals surface area contributed by atoms with Crippen molar-refractivity contribution in [2.45, 2.75) is 66.2 Å². The minimum atomic E-state index is -0.490. The zero-order valence-corrected chi connectivity index (χ0v) is 14.3. The molecule has 0 fully saturated rings. The Hall–Kier alpha value is -0.840. The van der Waals surface area contributed by atoms with Crippen LogP contribution < -0.4 is 5.32 Å².